The summed E-state index contributed by atoms with van der Waals surface area (Å²) in [5.41, 5.74) is 5.60. The first-order valence-electron chi connectivity index (χ1n) is 3.72. The smallest absolute Gasteiger partial charge is 0.239 e. The molecule has 0 heterocycles. The standard InChI is InChI=1S/C7H14N2O.HI/c1-6(8)9(4-5-10)7-2-3-7;/h7-8,10H,2-5H2,1H3;1H. The van der Waals surface area contributed by atoms with Gasteiger partial charge >= 0.3 is 0 Å². The van der Waals surface area contributed by atoms with Crippen LogP contribution in [-0.2, 0) is 0 Å². The Morgan fingerprint density at radius 1 is 1.64 bits per heavy atom. The van der Waals surface area contributed by atoms with Gasteiger partial charge in [-0.15, -0.1) is 0 Å². The van der Waals surface area contributed by atoms with Crippen LogP contribution in [0.4, 0.5) is 0 Å². The number of nitrogens with zero attached hydrogens (tertiary/aromatic N) is 1. The maximum atomic E-state index is 8.65. The SMILES string of the molecule is CC(N)=[N+](CCO)C1CC1.[I-]. The van der Waals surface area contributed by atoms with Crippen LogP contribution in [0, 0.1) is 0 Å². The van der Waals surface area contributed by atoms with Gasteiger partial charge in [0.1, 0.15) is 6.54 Å². The molecule has 1 saturated carbocycles. The summed E-state index contributed by atoms with van der Waals surface area (Å²) in [4.78, 5) is 0. The predicted molar refractivity (Wildman–Crippen MR) is 40.1 cm³/mol. The lowest BCUT2D eigenvalue weighted by atomic mass is 10.5. The van der Waals surface area contributed by atoms with E-state index < -0.39 is 0 Å². The molecule has 0 saturated heterocycles. The molecule has 0 spiro atoms. The second kappa shape index (κ2) is 4.92. The highest BCUT2D eigenvalue weighted by atomic mass is 127. The molecule has 0 radical (unpaired) electrons. The maximum absolute atomic E-state index is 8.65. The van der Waals surface area contributed by atoms with Gasteiger partial charge in [0, 0.05) is 6.92 Å². The van der Waals surface area contributed by atoms with Crippen molar-refractivity contribution in [3.8, 4) is 0 Å². The fourth-order valence-electron chi connectivity index (χ4n) is 1.14. The molecule has 1 rings (SSSR count). The van der Waals surface area contributed by atoms with Gasteiger partial charge in [0.15, 0.2) is 0 Å². The molecule has 0 aromatic heterocycles. The van der Waals surface area contributed by atoms with Gasteiger partial charge in [-0.2, -0.15) is 0 Å². The fourth-order valence-corrected chi connectivity index (χ4v) is 1.14. The molecular formula is C7H15IN2O. The third-order valence-corrected chi connectivity index (χ3v) is 1.78. The van der Waals surface area contributed by atoms with Crippen LogP contribution in [0.15, 0.2) is 0 Å². The Bertz CT molecular complexity index is 151. The van der Waals surface area contributed by atoms with E-state index >= 15 is 0 Å². The van der Waals surface area contributed by atoms with Crippen molar-refractivity contribution in [1.29, 1.82) is 0 Å². The van der Waals surface area contributed by atoms with E-state index in [1.165, 1.54) is 12.8 Å². The summed E-state index contributed by atoms with van der Waals surface area (Å²) in [7, 11) is 0. The minimum atomic E-state index is 0. The topological polar surface area (TPSA) is 49.3 Å². The first-order valence-corrected chi connectivity index (χ1v) is 3.72. The van der Waals surface area contributed by atoms with Crippen molar-refractivity contribution in [2.75, 3.05) is 13.2 Å². The molecule has 3 N–H and O–H groups in total. The van der Waals surface area contributed by atoms with Crippen LogP contribution in [0.1, 0.15) is 19.8 Å². The molecule has 3 nitrogen and oxygen atoms in total. The van der Waals surface area contributed by atoms with E-state index in [-0.39, 0.29) is 30.6 Å². The summed E-state index contributed by atoms with van der Waals surface area (Å²) in [5, 5.41) is 8.65. The molecule has 0 unspecified atom stereocenters. The molecule has 1 aliphatic carbocycles. The molecule has 1 aliphatic rings. The van der Waals surface area contributed by atoms with E-state index in [0.29, 0.717) is 12.6 Å². The minimum Gasteiger partial charge on any atom is -1.00 e. The van der Waals surface area contributed by atoms with E-state index in [1.807, 2.05) is 6.92 Å². The Kier molecular flexibility index (Phi) is 4.99. The van der Waals surface area contributed by atoms with Crippen LogP contribution in [-0.4, -0.2) is 34.7 Å². The zero-order valence-electron chi connectivity index (χ0n) is 6.76. The van der Waals surface area contributed by atoms with Gasteiger partial charge in [-0.1, -0.05) is 0 Å². The highest BCUT2D eigenvalue weighted by molar-refractivity contribution is 5.72. The Hall–Kier alpha value is 0.160. The molecule has 0 amide bonds. The Labute approximate surface area is 84.3 Å². The third-order valence-electron chi connectivity index (χ3n) is 1.78. The van der Waals surface area contributed by atoms with Crippen LogP contribution >= 0.6 is 0 Å². The largest absolute Gasteiger partial charge is 1.00 e. The van der Waals surface area contributed by atoms with Crippen LogP contribution in [0.25, 0.3) is 0 Å². The number of halogens is 1. The fraction of sp³-hybridized carbons (Fsp3) is 0.857. The summed E-state index contributed by atoms with van der Waals surface area (Å²) in [6.07, 6.45) is 2.46. The molecule has 0 aliphatic heterocycles. The van der Waals surface area contributed by atoms with E-state index in [1.54, 1.807) is 0 Å². The monoisotopic (exact) mass is 270 g/mol. The summed E-state index contributed by atoms with van der Waals surface area (Å²) in [5.74, 6) is 0.830. The average molecular weight is 270 g/mol. The number of amidine groups is 1. The summed E-state index contributed by atoms with van der Waals surface area (Å²) < 4.78 is 2.07. The molecule has 11 heavy (non-hydrogen) atoms. The van der Waals surface area contributed by atoms with Gasteiger partial charge in [0.2, 0.25) is 5.84 Å². The maximum Gasteiger partial charge on any atom is 0.239 e. The van der Waals surface area contributed by atoms with Crippen molar-refractivity contribution in [3.05, 3.63) is 0 Å². The second-order valence-electron chi connectivity index (χ2n) is 2.79. The van der Waals surface area contributed by atoms with Crippen molar-refractivity contribution < 1.29 is 33.7 Å². The molecule has 4 heteroatoms. The van der Waals surface area contributed by atoms with Gasteiger partial charge in [0.25, 0.3) is 0 Å². The van der Waals surface area contributed by atoms with Crippen molar-refractivity contribution in [2.45, 2.75) is 25.8 Å². The van der Waals surface area contributed by atoms with E-state index in [2.05, 4.69) is 4.58 Å². The lowest BCUT2D eigenvalue weighted by molar-refractivity contribution is -0.545. The number of hydrogen-bond acceptors (Lipinski definition) is 1. The summed E-state index contributed by atoms with van der Waals surface area (Å²) in [6, 6.07) is 0.622. The molecule has 0 aromatic rings. The minimum absolute atomic E-state index is 0. The van der Waals surface area contributed by atoms with Crippen molar-refractivity contribution in [1.82, 2.24) is 0 Å². The zero-order chi connectivity index (χ0) is 7.56. The molecule has 1 fully saturated rings. The quantitative estimate of drug-likeness (QED) is 0.242. The van der Waals surface area contributed by atoms with Crippen LogP contribution < -0.4 is 29.7 Å². The van der Waals surface area contributed by atoms with Gasteiger partial charge in [-0.05, 0) is 12.8 Å². The predicted octanol–water partition coefficient (Wildman–Crippen LogP) is -3.47. The first kappa shape index (κ1) is 11.2. The third kappa shape index (κ3) is 3.37. The lowest BCUT2D eigenvalue weighted by Crippen LogP contribution is -3.00. The van der Waals surface area contributed by atoms with Crippen molar-refractivity contribution >= 4 is 5.84 Å². The zero-order valence-corrected chi connectivity index (χ0v) is 8.91. The number of hydrogen-bond donors (Lipinski definition) is 2. The van der Waals surface area contributed by atoms with E-state index in [4.69, 9.17) is 10.8 Å². The number of rotatable bonds is 3. The van der Waals surface area contributed by atoms with Gasteiger partial charge < -0.3 is 29.1 Å². The summed E-state index contributed by atoms with van der Waals surface area (Å²) in [6.45, 7) is 2.77. The number of nitrogens with two attached hydrogens (primary N) is 1. The Balaban J connectivity index is 0.000001000. The Morgan fingerprint density at radius 2 is 2.18 bits per heavy atom. The molecule has 0 bridgehead atoms. The van der Waals surface area contributed by atoms with Gasteiger partial charge in [-0.25, -0.2) is 0 Å². The van der Waals surface area contributed by atoms with Gasteiger partial charge in [0.05, 0.1) is 12.6 Å². The highest BCUT2D eigenvalue weighted by Crippen LogP contribution is 2.22. The van der Waals surface area contributed by atoms with Gasteiger partial charge in [-0.3, -0.25) is 10.3 Å². The number of aliphatic hydroxyl groups is 1. The lowest BCUT2D eigenvalue weighted by Gasteiger charge is -2.03. The first-order chi connectivity index (χ1) is 4.75. The van der Waals surface area contributed by atoms with Crippen LogP contribution in [0.2, 0.25) is 0 Å². The Morgan fingerprint density at radius 3 is 2.45 bits per heavy atom. The molecule has 0 atom stereocenters. The molecular weight excluding hydrogens is 255 g/mol. The van der Waals surface area contributed by atoms with E-state index in [9.17, 15) is 0 Å². The molecule has 0 aromatic carbocycles. The number of aliphatic hydroxyl groups excluding tert-OH is 1. The molecule has 66 valence electrons. The average Bonchev–Trinajstić information content (AvgIpc) is 2.63. The second-order valence-corrected chi connectivity index (χ2v) is 2.79. The van der Waals surface area contributed by atoms with Crippen LogP contribution in [0.5, 0.6) is 0 Å². The highest BCUT2D eigenvalue weighted by Gasteiger charge is 2.29. The summed E-state index contributed by atoms with van der Waals surface area (Å²) >= 11 is 0. The van der Waals surface area contributed by atoms with Crippen molar-refractivity contribution in [3.63, 3.8) is 0 Å². The van der Waals surface area contributed by atoms with Crippen LogP contribution in [0.3, 0.4) is 0 Å². The van der Waals surface area contributed by atoms with E-state index in [0.717, 1.165) is 5.84 Å². The van der Waals surface area contributed by atoms with Crippen molar-refractivity contribution in [2.24, 2.45) is 5.73 Å². The normalized spacial score (nSPS) is 18.7.